The van der Waals surface area contributed by atoms with Crippen LogP contribution in [0.15, 0.2) is 71.5 Å². The minimum atomic E-state index is -0.116. The van der Waals surface area contributed by atoms with Crippen LogP contribution in [0.3, 0.4) is 0 Å². The number of carbonyl (C=O) groups is 1. The second-order valence-corrected chi connectivity index (χ2v) is 9.04. The normalized spacial score (nSPS) is 11.2. The lowest BCUT2D eigenvalue weighted by Crippen LogP contribution is -2.34. The van der Waals surface area contributed by atoms with Crippen molar-refractivity contribution in [1.29, 1.82) is 0 Å². The number of nitrogens with zero attached hydrogens (tertiary/aromatic N) is 1. The summed E-state index contributed by atoms with van der Waals surface area (Å²) in [4.78, 5) is 31.1. The van der Waals surface area contributed by atoms with E-state index in [9.17, 15) is 9.59 Å². The Kier molecular flexibility index (Phi) is 6.94. The molecule has 4 aromatic rings. The monoisotopic (exact) mass is 453 g/mol. The van der Waals surface area contributed by atoms with E-state index in [0.717, 1.165) is 44.4 Å². The molecule has 0 aliphatic heterocycles. The van der Waals surface area contributed by atoms with Crippen LogP contribution in [-0.2, 0) is 17.9 Å². The van der Waals surface area contributed by atoms with Gasteiger partial charge in [0.15, 0.2) is 0 Å². The molecular formula is C29H31N3O2. The molecule has 0 spiro atoms. The summed E-state index contributed by atoms with van der Waals surface area (Å²) in [7, 11) is 0. The number of H-pyrrole nitrogens is 1. The molecule has 4 rings (SSSR count). The Morgan fingerprint density at radius 3 is 2.26 bits per heavy atom. The Hall–Kier alpha value is -3.70. The molecule has 1 heterocycles. The molecule has 0 saturated carbocycles. The van der Waals surface area contributed by atoms with Crippen LogP contribution in [0.25, 0.3) is 10.9 Å². The Morgan fingerprint density at radius 2 is 1.56 bits per heavy atom. The van der Waals surface area contributed by atoms with Gasteiger partial charge in [0.2, 0.25) is 5.91 Å². The van der Waals surface area contributed by atoms with Crippen LogP contribution < -0.4 is 10.9 Å². The Labute approximate surface area is 200 Å². The highest BCUT2D eigenvalue weighted by Gasteiger charge is 2.16. The first kappa shape index (κ1) is 23.5. The molecule has 0 bridgehead atoms. The van der Waals surface area contributed by atoms with Crippen molar-refractivity contribution in [3.63, 3.8) is 0 Å². The number of carbonyl (C=O) groups excluding carboxylic acids is 1. The van der Waals surface area contributed by atoms with Gasteiger partial charge in [-0.2, -0.15) is 0 Å². The molecule has 5 heteroatoms. The van der Waals surface area contributed by atoms with Gasteiger partial charge in [-0.3, -0.25) is 14.5 Å². The van der Waals surface area contributed by atoms with Crippen LogP contribution in [-0.4, -0.2) is 22.3 Å². The van der Waals surface area contributed by atoms with E-state index in [4.69, 9.17) is 0 Å². The largest absolute Gasteiger partial charge is 0.324 e. The van der Waals surface area contributed by atoms with Crippen LogP contribution in [0.1, 0.15) is 33.4 Å². The smallest absolute Gasteiger partial charge is 0.252 e. The van der Waals surface area contributed by atoms with Crippen LogP contribution in [0.4, 0.5) is 5.69 Å². The number of hydrogen-bond acceptors (Lipinski definition) is 3. The predicted molar refractivity (Wildman–Crippen MR) is 139 cm³/mol. The van der Waals surface area contributed by atoms with E-state index in [0.29, 0.717) is 18.7 Å². The maximum absolute atomic E-state index is 13.0. The fraction of sp³-hybridized carbons (Fsp3) is 0.241. The van der Waals surface area contributed by atoms with Crippen molar-refractivity contribution in [2.45, 2.75) is 40.8 Å². The molecule has 5 nitrogen and oxygen atoms in total. The molecule has 174 valence electrons. The van der Waals surface area contributed by atoms with Crippen molar-refractivity contribution in [1.82, 2.24) is 9.88 Å². The maximum atomic E-state index is 13.0. The number of fused-ring (bicyclic) bond motifs is 1. The Morgan fingerprint density at radius 1 is 0.853 bits per heavy atom. The zero-order valence-electron chi connectivity index (χ0n) is 20.2. The molecular weight excluding hydrogens is 422 g/mol. The number of aryl methyl sites for hydroxylation is 4. The number of benzene rings is 3. The summed E-state index contributed by atoms with van der Waals surface area (Å²) >= 11 is 0. The maximum Gasteiger partial charge on any atom is 0.252 e. The highest BCUT2D eigenvalue weighted by molar-refractivity contribution is 5.93. The lowest BCUT2D eigenvalue weighted by atomic mass is 10.0. The molecule has 0 fully saturated rings. The molecule has 0 radical (unpaired) electrons. The summed E-state index contributed by atoms with van der Waals surface area (Å²) in [5, 5.41) is 4.07. The van der Waals surface area contributed by atoms with E-state index in [1.807, 2.05) is 93.3 Å². The minimum absolute atomic E-state index is 0.1000. The molecule has 2 N–H and O–H groups in total. The van der Waals surface area contributed by atoms with Gasteiger partial charge < -0.3 is 10.3 Å². The molecule has 3 aromatic carbocycles. The zero-order valence-corrected chi connectivity index (χ0v) is 20.2. The third-order valence-corrected chi connectivity index (χ3v) is 6.38. The molecule has 0 saturated heterocycles. The summed E-state index contributed by atoms with van der Waals surface area (Å²) in [6, 6.07) is 22.0. The van der Waals surface area contributed by atoms with E-state index >= 15 is 0 Å². The molecule has 0 atom stereocenters. The quantitative estimate of drug-likeness (QED) is 0.394. The number of aromatic amines is 1. The van der Waals surface area contributed by atoms with Crippen LogP contribution >= 0.6 is 0 Å². The molecule has 0 unspecified atom stereocenters. The second kappa shape index (κ2) is 10.1. The molecule has 34 heavy (non-hydrogen) atoms. The second-order valence-electron chi connectivity index (χ2n) is 9.04. The first-order valence-electron chi connectivity index (χ1n) is 11.6. The lowest BCUT2D eigenvalue weighted by molar-refractivity contribution is -0.117. The summed E-state index contributed by atoms with van der Waals surface area (Å²) in [5.41, 5.74) is 7.61. The van der Waals surface area contributed by atoms with E-state index in [1.165, 1.54) is 0 Å². The first-order valence-corrected chi connectivity index (χ1v) is 11.6. The van der Waals surface area contributed by atoms with Gasteiger partial charge in [-0.25, -0.2) is 0 Å². The lowest BCUT2D eigenvalue weighted by Gasteiger charge is -2.23. The van der Waals surface area contributed by atoms with Crippen molar-refractivity contribution < 1.29 is 4.79 Å². The average molecular weight is 454 g/mol. The third-order valence-electron chi connectivity index (χ3n) is 6.38. The van der Waals surface area contributed by atoms with E-state index in [2.05, 4.69) is 16.4 Å². The van der Waals surface area contributed by atoms with Crippen LogP contribution in [0, 0.1) is 27.7 Å². The minimum Gasteiger partial charge on any atom is -0.324 e. The van der Waals surface area contributed by atoms with Crippen molar-refractivity contribution in [3.05, 3.63) is 110 Å². The third kappa shape index (κ3) is 5.26. The van der Waals surface area contributed by atoms with Crippen molar-refractivity contribution in [3.8, 4) is 0 Å². The number of para-hydroxylation sites is 1. The summed E-state index contributed by atoms with van der Waals surface area (Å²) in [6.07, 6.45) is 0. The van der Waals surface area contributed by atoms with Crippen molar-refractivity contribution in [2.24, 2.45) is 0 Å². The number of aromatic nitrogens is 1. The number of anilines is 1. The van der Waals surface area contributed by atoms with E-state index < -0.39 is 0 Å². The van der Waals surface area contributed by atoms with Gasteiger partial charge in [0.05, 0.1) is 12.1 Å². The number of nitrogens with one attached hydrogen (secondary N) is 2. The highest BCUT2D eigenvalue weighted by Crippen LogP contribution is 2.21. The topological polar surface area (TPSA) is 65.2 Å². The van der Waals surface area contributed by atoms with Crippen molar-refractivity contribution >= 4 is 22.5 Å². The summed E-state index contributed by atoms with van der Waals surface area (Å²) < 4.78 is 0. The number of pyridine rings is 1. The standard InChI is InChI=1S/C29H31N3O2/c1-19-13-14-24-15-25(29(34)31-28(24)22(19)4)17-32(16-23-11-6-5-7-12-23)18-26(33)30-27-20(2)9-8-10-21(27)3/h5-15H,16-18H2,1-4H3,(H,30,33)(H,31,34). The van der Waals surface area contributed by atoms with Gasteiger partial charge in [-0.05, 0) is 67.0 Å². The summed E-state index contributed by atoms with van der Waals surface area (Å²) in [6.45, 7) is 9.14. The highest BCUT2D eigenvalue weighted by atomic mass is 16.2. The van der Waals surface area contributed by atoms with Gasteiger partial charge in [0.25, 0.3) is 5.56 Å². The molecule has 1 amide bonds. The first-order chi connectivity index (χ1) is 16.3. The SMILES string of the molecule is Cc1cccc(C)c1NC(=O)CN(Cc1ccccc1)Cc1cc2ccc(C)c(C)c2[nH]c1=O. The fourth-order valence-electron chi connectivity index (χ4n) is 4.33. The van der Waals surface area contributed by atoms with Crippen molar-refractivity contribution in [2.75, 3.05) is 11.9 Å². The van der Waals surface area contributed by atoms with Gasteiger partial charge in [0.1, 0.15) is 0 Å². The molecule has 0 aliphatic carbocycles. The van der Waals surface area contributed by atoms with Crippen LogP contribution in [0.5, 0.6) is 0 Å². The summed E-state index contributed by atoms with van der Waals surface area (Å²) in [5.74, 6) is -0.1000. The van der Waals surface area contributed by atoms with Crippen LogP contribution in [0.2, 0.25) is 0 Å². The average Bonchev–Trinajstić information content (AvgIpc) is 2.81. The van der Waals surface area contributed by atoms with Gasteiger partial charge in [-0.1, -0.05) is 60.7 Å². The van der Waals surface area contributed by atoms with Gasteiger partial charge in [0, 0.05) is 24.3 Å². The Balaban J connectivity index is 1.61. The number of rotatable bonds is 7. The zero-order chi connectivity index (χ0) is 24.2. The predicted octanol–water partition coefficient (Wildman–Crippen LogP) is 5.40. The van der Waals surface area contributed by atoms with E-state index in [-0.39, 0.29) is 18.0 Å². The fourth-order valence-corrected chi connectivity index (χ4v) is 4.33. The number of hydrogen-bond donors (Lipinski definition) is 2. The molecule has 0 aliphatic rings. The van der Waals surface area contributed by atoms with Gasteiger partial charge >= 0.3 is 0 Å². The Bertz CT molecular complexity index is 1370. The number of amides is 1. The van der Waals surface area contributed by atoms with Gasteiger partial charge in [-0.15, -0.1) is 0 Å². The van der Waals surface area contributed by atoms with E-state index in [1.54, 1.807) is 0 Å². The molecule has 1 aromatic heterocycles.